The number of amides is 1. The van der Waals surface area contributed by atoms with E-state index in [1.807, 2.05) is 0 Å². The van der Waals surface area contributed by atoms with Crippen molar-refractivity contribution < 1.29 is 14.7 Å². The van der Waals surface area contributed by atoms with Crippen LogP contribution in [0.25, 0.3) is 0 Å². The van der Waals surface area contributed by atoms with Gasteiger partial charge in [-0.3, -0.25) is 10.1 Å². The van der Waals surface area contributed by atoms with Gasteiger partial charge < -0.3 is 10.4 Å². The number of rotatable bonds is 3. The van der Waals surface area contributed by atoms with Crippen LogP contribution in [0.5, 0.6) is 0 Å². The first kappa shape index (κ1) is 15.9. The molecule has 22 heavy (non-hydrogen) atoms. The first-order valence-electron chi connectivity index (χ1n) is 6.17. The molecule has 0 aliphatic heterocycles. The molecule has 0 aliphatic rings. The Morgan fingerprint density at radius 2 is 1.77 bits per heavy atom. The molecule has 0 fully saturated rings. The van der Waals surface area contributed by atoms with Crippen molar-refractivity contribution in [3.63, 3.8) is 0 Å². The number of carbonyl (C=O) groups excluding carboxylic acids is 1. The highest BCUT2D eigenvalue weighted by Crippen LogP contribution is 2.20. The lowest BCUT2D eigenvalue weighted by molar-refractivity contribution is 0.0698. The average Bonchev–Trinajstić information content (AvgIpc) is 2.49. The van der Waals surface area contributed by atoms with Gasteiger partial charge in [-0.2, -0.15) is 0 Å². The van der Waals surface area contributed by atoms with Crippen LogP contribution in [0, 0.1) is 0 Å². The third-order valence-corrected chi connectivity index (χ3v) is 3.16. The molecule has 112 valence electrons. The number of thiocarbonyl (C=S) groups is 1. The van der Waals surface area contributed by atoms with E-state index in [9.17, 15) is 9.59 Å². The molecule has 0 radical (unpaired) electrons. The number of carboxylic acids is 1. The minimum absolute atomic E-state index is 0.00123. The number of hydrogen-bond donors (Lipinski definition) is 3. The first-order valence-corrected chi connectivity index (χ1v) is 6.96. The second-order valence-electron chi connectivity index (χ2n) is 4.27. The van der Waals surface area contributed by atoms with Gasteiger partial charge in [0.1, 0.15) is 0 Å². The Hall–Kier alpha value is -2.44. The fourth-order valence-corrected chi connectivity index (χ4v) is 2.10. The van der Waals surface area contributed by atoms with Crippen molar-refractivity contribution in [1.82, 2.24) is 5.32 Å². The molecule has 0 saturated carbocycles. The zero-order valence-corrected chi connectivity index (χ0v) is 12.7. The van der Waals surface area contributed by atoms with Crippen molar-refractivity contribution in [3.8, 4) is 0 Å². The molecule has 0 heterocycles. The molecule has 0 aliphatic carbocycles. The number of benzene rings is 2. The average molecular weight is 335 g/mol. The van der Waals surface area contributed by atoms with E-state index in [2.05, 4.69) is 10.6 Å². The minimum Gasteiger partial charge on any atom is -0.478 e. The maximum Gasteiger partial charge on any atom is 0.337 e. The van der Waals surface area contributed by atoms with E-state index in [1.165, 1.54) is 18.2 Å². The minimum atomic E-state index is -1.15. The largest absolute Gasteiger partial charge is 0.478 e. The molecule has 2 aromatic carbocycles. The Morgan fingerprint density at radius 3 is 2.41 bits per heavy atom. The molecule has 3 N–H and O–H groups in total. The summed E-state index contributed by atoms with van der Waals surface area (Å²) in [7, 11) is 0. The summed E-state index contributed by atoms with van der Waals surface area (Å²) in [6, 6.07) is 12.8. The van der Waals surface area contributed by atoms with Crippen molar-refractivity contribution in [1.29, 1.82) is 0 Å². The maximum atomic E-state index is 11.9. The maximum absolute atomic E-state index is 11.9. The van der Waals surface area contributed by atoms with E-state index in [4.69, 9.17) is 28.9 Å². The topological polar surface area (TPSA) is 78.4 Å². The molecule has 7 heteroatoms. The highest BCUT2D eigenvalue weighted by Gasteiger charge is 2.13. The van der Waals surface area contributed by atoms with Gasteiger partial charge in [-0.1, -0.05) is 29.8 Å². The van der Waals surface area contributed by atoms with E-state index in [1.54, 1.807) is 30.3 Å². The Kier molecular flexibility index (Phi) is 5.08. The molecular weight excluding hydrogens is 324 g/mol. The van der Waals surface area contributed by atoms with E-state index in [0.29, 0.717) is 10.6 Å². The molecule has 1 amide bonds. The van der Waals surface area contributed by atoms with Crippen molar-refractivity contribution >= 4 is 46.5 Å². The van der Waals surface area contributed by atoms with Gasteiger partial charge >= 0.3 is 5.97 Å². The Labute approximate surface area is 136 Å². The Morgan fingerprint density at radius 1 is 1.09 bits per heavy atom. The number of carbonyl (C=O) groups is 2. The normalized spacial score (nSPS) is 9.86. The van der Waals surface area contributed by atoms with Crippen molar-refractivity contribution in [3.05, 3.63) is 64.7 Å². The predicted molar refractivity (Wildman–Crippen MR) is 88.5 cm³/mol. The molecule has 0 spiro atoms. The summed E-state index contributed by atoms with van der Waals surface area (Å²) in [4.78, 5) is 23.1. The predicted octanol–water partition coefficient (Wildman–Crippen LogP) is 3.17. The van der Waals surface area contributed by atoms with Crippen LogP contribution in [0.4, 0.5) is 5.69 Å². The van der Waals surface area contributed by atoms with Crippen LogP contribution in [-0.4, -0.2) is 22.1 Å². The molecule has 2 rings (SSSR count). The molecule has 2 aromatic rings. The van der Waals surface area contributed by atoms with Gasteiger partial charge in [-0.25, -0.2) is 4.79 Å². The lowest BCUT2D eigenvalue weighted by Gasteiger charge is -2.12. The summed E-state index contributed by atoms with van der Waals surface area (Å²) in [6.45, 7) is 0. The summed E-state index contributed by atoms with van der Waals surface area (Å²) in [5.41, 5.74) is 0.653. The van der Waals surface area contributed by atoms with Crippen LogP contribution in [0.3, 0.4) is 0 Å². The molecular formula is C15H11ClN2O3S. The van der Waals surface area contributed by atoms with Crippen molar-refractivity contribution in [2.24, 2.45) is 0 Å². The van der Waals surface area contributed by atoms with Crippen LogP contribution in [0.15, 0.2) is 48.5 Å². The molecule has 0 aromatic heterocycles. The summed E-state index contributed by atoms with van der Waals surface area (Å²) >= 11 is 10.8. The van der Waals surface area contributed by atoms with Crippen LogP contribution >= 0.6 is 23.8 Å². The van der Waals surface area contributed by atoms with Gasteiger partial charge in [0.2, 0.25) is 0 Å². The number of hydrogen-bond acceptors (Lipinski definition) is 3. The Bertz CT molecular complexity index is 735. The van der Waals surface area contributed by atoms with E-state index in [0.717, 1.165) is 0 Å². The highest BCUT2D eigenvalue weighted by molar-refractivity contribution is 7.80. The lowest BCUT2D eigenvalue weighted by atomic mass is 10.2. The Balaban J connectivity index is 2.10. The SMILES string of the molecule is O=C(NC(=S)Nc1ccc(Cl)cc1C(=O)O)c1ccccc1. The zero-order chi connectivity index (χ0) is 16.1. The van der Waals surface area contributed by atoms with Crippen molar-refractivity contribution in [2.75, 3.05) is 5.32 Å². The van der Waals surface area contributed by atoms with Crippen LogP contribution < -0.4 is 10.6 Å². The molecule has 0 atom stereocenters. The monoisotopic (exact) mass is 334 g/mol. The summed E-state index contributed by atoms with van der Waals surface area (Å²) in [5, 5.41) is 14.6. The number of nitrogens with one attached hydrogen (secondary N) is 2. The van der Waals surface area contributed by atoms with Crippen LogP contribution in [-0.2, 0) is 0 Å². The van der Waals surface area contributed by atoms with Crippen LogP contribution in [0.1, 0.15) is 20.7 Å². The van der Waals surface area contributed by atoms with E-state index < -0.39 is 5.97 Å². The van der Waals surface area contributed by atoms with Gasteiger partial charge in [0.25, 0.3) is 5.91 Å². The summed E-state index contributed by atoms with van der Waals surface area (Å²) in [5.74, 6) is -1.54. The number of anilines is 1. The highest BCUT2D eigenvalue weighted by atomic mass is 35.5. The van der Waals surface area contributed by atoms with E-state index in [-0.39, 0.29) is 22.3 Å². The number of aromatic carboxylic acids is 1. The third kappa shape index (κ3) is 4.03. The number of carboxylic acid groups (broad SMARTS) is 1. The van der Waals surface area contributed by atoms with Gasteiger partial charge in [-0.05, 0) is 42.5 Å². The molecule has 0 bridgehead atoms. The molecule has 5 nitrogen and oxygen atoms in total. The van der Waals surface area contributed by atoms with Gasteiger partial charge in [-0.15, -0.1) is 0 Å². The fraction of sp³-hybridized carbons (Fsp3) is 0. The summed E-state index contributed by atoms with van der Waals surface area (Å²) in [6.07, 6.45) is 0. The smallest absolute Gasteiger partial charge is 0.337 e. The van der Waals surface area contributed by atoms with Gasteiger partial charge in [0, 0.05) is 10.6 Å². The lowest BCUT2D eigenvalue weighted by Crippen LogP contribution is -2.34. The van der Waals surface area contributed by atoms with Gasteiger partial charge in [0.15, 0.2) is 5.11 Å². The quantitative estimate of drug-likeness (QED) is 0.751. The van der Waals surface area contributed by atoms with E-state index >= 15 is 0 Å². The van der Waals surface area contributed by atoms with Crippen LogP contribution in [0.2, 0.25) is 5.02 Å². The zero-order valence-electron chi connectivity index (χ0n) is 11.2. The first-order chi connectivity index (χ1) is 10.5. The summed E-state index contributed by atoms with van der Waals surface area (Å²) < 4.78 is 0. The number of halogens is 1. The second kappa shape index (κ2) is 7.02. The fourth-order valence-electron chi connectivity index (χ4n) is 1.72. The second-order valence-corrected chi connectivity index (χ2v) is 5.11. The van der Waals surface area contributed by atoms with Gasteiger partial charge in [0.05, 0.1) is 11.3 Å². The standard InChI is InChI=1S/C15H11ClN2O3S/c16-10-6-7-12(11(8-10)14(20)21)17-15(22)18-13(19)9-4-2-1-3-5-9/h1-8H,(H,20,21)(H2,17,18,19,22). The molecule has 0 saturated heterocycles. The molecule has 0 unspecified atom stereocenters. The third-order valence-electron chi connectivity index (χ3n) is 2.72. The van der Waals surface area contributed by atoms with Crippen molar-refractivity contribution in [2.45, 2.75) is 0 Å².